The van der Waals surface area contributed by atoms with Crippen molar-refractivity contribution in [2.45, 2.75) is 31.7 Å². The van der Waals surface area contributed by atoms with Gasteiger partial charge in [0.05, 0.1) is 5.92 Å². The summed E-state index contributed by atoms with van der Waals surface area (Å²) in [4.78, 5) is 24.6. The fourth-order valence-corrected chi connectivity index (χ4v) is 2.02. The average Bonchev–Trinajstić information content (AvgIpc) is 2.47. The summed E-state index contributed by atoms with van der Waals surface area (Å²) in [6.07, 6.45) is 3.84. The first-order valence-corrected chi connectivity index (χ1v) is 5.22. The summed E-state index contributed by atoms with van der Waals surface area (Å²) >= 11 is 0. The van der Waals surface area contributed by atoms with Crippen LogP contribution in [-0.4, -0.2) is 36.3 Å². The second kappa shape index (κ2) is 3.59. The molecule has 1 N–H and O–H groups in total. The molecule has 78 valence electrons. The number of hydrogen-bond donors (Lipinski definition) is 1. The van der Waals surface area contributed by atoms with Gasteiger partial charge in [0.1, 0.15) is 0 Å². The fourth-order valence-electron chi connectivity index (χ4n) is 2.02. The molecule has 1 aliphatic carbocycles. The first-order valence-electron chi connectivity index (χ1n) is 5.22. The third-order valence-electron chi connectivity index (χ3n) is 3.30. The average molecular weight is 196 g/mol. The van der Waals surface area contributed by atoms with Crippen LogP contribution >= 0.6 is 0 Å². The molecule has 14 heavy (non-hydrogen) atoms. The molecule has 4 nitrogen and oxygen atoms in total. The molecule has 0 bridgehead atoms. The van der Waals surface area contributed by atoms with Gasteiger partial charge in [0, 0.05) is 26.1 Å². The molecule has 2 amide bonds. The molecule has 1 atom stereocenters. The molecule has 0 aromatic rings. The lowest BCUT2D eigenvalue weighted by Crippen LogP contribution is -2.44. The maximum absolute atomic E-state index is 11.9. The Labute approximate surface area is 83.6 Å². The molecule has 1 saturated heterocycles. The van der Waals surface area contributed by atoms with E-state index in [1.54, 1.807) is 0 Å². The minimum Gasteiger partial charge on any atom is -0.355 e. The summed E-state index contributed by atoms with van der Waals surface area (Å²) in [5, 5.41) is 2.69. The van der Waals surface area contributed by atoms with Crippen LogP contribution in [0.2, 0.25) is 0 Å². The predicted molar refractivity (Wildman–Crippen MR) is 51.5 cm³/mol. The van der Waals surface area contributed by atoms with Gasteiger partial charge in [-0.1, -0.05) is 0 Å². The van der Waals surface area contributed by atoms with Gasteiger partial charge in [0.15, 0.2) is 0 Å². The van der Waals surface area contributed by atoms with Crippen molar-refractivity contribution in [1.82, 2.24) is 10.2 Å². The summed E-state index contributed by atoms with van der Waals surface area (Å²) in [6, 6.07) is 0.429. The molecule has 2 aliphatic rings. The van der Waals surface area contributed by atoms with Gasteiger partial charge in [0.25, 0.3) is 0 Å². The van der Waals surface area contributed by atoms with E-state index in [1.807, 2.05) is 11.9 Å². The molecule has 0 radical (unpaired) electrons. The SMILES string of the molecule is CN(C(=O)C1CNC(=O)C1)C1CCC1. The highest BCUT2D eigenvalue weighted by atomic mass is 16.2. The third kappa shape index (κ3) is 1.61. The molecule has 1 aliphatic heterocycles. The topological polar surface area (TPSA) is 49.4 Å². The molecule has 2 rings (SSSR count). The van der Waals surface area contributed by atoms with Crippen molar-refractivity contribution in [2.75, 3.05) is 13.6 Å². The van der Waals surface area contributed by atoms with Gasteiger partial charge in [-0.2, -0.15) is 0 Å². The standard InChI is InChI=1S/C10H16N2O2/c1-12(8-3-2-4-8)10(14)7-5-9(13)11-6-7/h7-8H,2-6H2,1H3,(H,11,13). The van der Waals surface area contributed by atoms with E-state index in [0.717, 1.165) is 12.8 Å². The number of nitrogens with zero attached hydrogens (tertiary/aromatic N) is 1. The van der Waals surface area contributed by atoms with Crippen LogP contribution in [0.15, 0.2) is 0 Å². The number of carbonyl (C=O) groups excluding carboxylic acids is 2. The van der Waals surface area contributed by atoms with Crippen LogP contribution in [0.5, 0.6) is 0 Å². The first-order chi connectivity index (χ1) is 6.68. The van der Waals surface area contributed by atoms with Crippen LogP contribution in [-0.2, 0) is 9.59 Å². The minimum atomic E-state index is -0.117. The Morgan fingerprint density at radius 2 is 2.21 bits per heavy atom. The van der Waals surface area contributed by atoms with E-state index in [9.17, 15) is 9.59 Å². The van der Waals surface area contributed by atoms with Crippen molar-refractivity contribution >= 4 is 11.8 Å². The Morgan fingerprint density at radius 1 is 1.50 bits per heavy atom. The normalized spacial score (nSPS) is 26.9. The predicted octanol–water partition coefficient (Wildman–Crippen LogP) is 0.133. The second-order valence-electron chi connectivity index (χ2n) is 4.24. The van der Waals surface area contributed by atoms with Crippen LogP contribution in [0.3, 0.4) is 0 Å². The fraction of sp³-hybridized carbons (Fsp3) is 0.800. The van der Waals surface area contributed by atoms with Crippen molar-refractivity contribution < 1.29 is 9.59 Å². The summed E-state index contributed by atoms with van der Waals surface area (Å²) in [5.74, 6) is 0.0199. The van der Waals surface area contributed by atoms with Crippen molar-refractivity contribution in [1.29, 1.82) is 0 Å². The number of hydrogen-bond acceptors (Lipinski definition) is 2. The molecular formula is C10H16N2O2. The number of carbonyl (C=O) groups is 2. The van der Waals surface area contributed by atoms with Crippen molar-refractivity contribution in [3.63, 3.8) is 0 Å². The Kier molecular flexibility index (Phi) is 2.44. The molecule has 0 spiro atoms. The van der Waals surface area contributed by atoms with Crippen LogP contribution in [0.1, 0.15) is 25.7 Å². The van der Waals surface area contributed by atoms with E-state index >= 15 is 0 Å². The molecule has 1 saturated carbocycles. The highest BCUT2D eigenvalue weighted by Gasteiger charge is 2.34. The third-order valence-corrected chi connectivity index (χ3v) is 3.30. The highest BCUT2D eigenvalue weighted by molar-refractivity contribution is 5.89. The van der Waals surface area contributed by atoms with Gasteiger partial charge in [-0.3, -0.25) is 9.59 Å². The van der Waals surface area contributed by atoms with Crippen LogP contribution in [0.25, 0.3) is 0 Å². The van der Waals surface area contributed by atoms with Gasteiger partial charge in [0.2, 0.25) is 11.8 Å². The zero-order valence-corrected chi connectivity index (χ0v) is 8.45. The van der Waals surface area contributed by atoms with E-state index in [4.69, 9.17) is 0 Å². The Morgan fingerprint density at radius 3 is 2.64 bits per heavy atom. The molecule has 1 unspecified atom stereocenters. The van der Waals surface area contributed by atoms with Crippen LogP contribution in [0.4, 0.5) is 0 Å². The van der Waals surface area contributed by atoms with Crippen LogP contribution in [0, 0.1) is 5.92 Å². The van der Waals surface area contributed by atoms with E-state index in [-0.39, 0.29) is 17.7 Å². The Hall–Kier alpha value is -1.06. The maximum atomic E-state index is 11.9. The van der Waals surface area contributed by atoms with Gasteiger partial charge in [-0.05, 0) is 19.3 Å². The molecule has 4 heteroatoms. The summed E-state index contributed by atoms with van der Waals surface area (Å²) in [6.45, 7) is 0.523. The van der Waals surface area contributed by atoms with Gasteiger partial charge in [-0.25, -0.2) is 0 Å². The van der Waals surface area contributed by atoms with E-state index in [1.165, 1.54) is 6.42 Å². The van der Waals surface area contributed by atoms with Crippen molar-refractivity contribution in [3.8, 4) is 0 Å². The zero-order chi connectivity index (χ0) is 10.1. The van der Waals surface area contributed by atoms with E-state index < -0.39 is 0 Å². The lowest BCUT2D eigenvalue weighted by Gasteiger charge is -2.35. The van der Waals surface area contributed by atoms with Crippen molar-refractivity contribution in [2.24, 2.45) is 5.92 Å². The molecule has 0 aromatic carbocycles. The zero-order valence-electron chi connectivity index (χ0n) is 8.45. The smallest absolute Gasteiger partial charge is 0.227 e. The number of nitrogens with one attached hydrogen (secondary N) is 1. The molecule has 2 fully saturated rings. The van der Waals surface area contributed by atoms with Crippen molar-refractivity contribution in [3.05, 3.63) is 0 Å². The summed E-state index contributed by atoms with van der Waals surface area (Å²) in [7, 11) is 1.86. The molecular weight excluding hydrogens is 180 g/mol. The summed E-state index contributed by atoms with van der Waals surface area (Å²) < 4.78 is 0. The quantitative estimate of drug-likeness (QED) is 0.682. The first kappa shape index (κ1) is 9.49. The molecule has 0 aromatic heterocycles. The highest BCUT2D eigenvalue weighted by Crippen LogP contribution is 2.25. The maximum Gasteiger partial charge on any atom is 0.227 e. The minimum absolute atomic E-state index is 0.00496. The van der Waals surface area contributed by atoms with Gasteiger partial charge in [-0.15, -0.1) is 0 Å². The number of amides is 2. The largest absolute Gasteiger partial charge is 0.355 e. The Balaban J connectivity index is 1.90. The van der Waals surface area contributed by atoms with Gasteiger partial charge < -0.3 is 10.2 Å². The van der Waals surface area contributed by atoms with E-state index in [2.05, 4.69) is 5.32 Å². The van der Waals surface area contributed by atoms with E-state index in [0.29, 0.717) is 19.0 Å². The lowest BCUT2D eigenvalue weighted by molar-refractivity contribution is -0.138. The van der Waals surface area contributed by atoms with Crippen LogP contribution < -0.4 is 5.32 Å². The van der Waals surface area contributed by atoms with Gasteiger partial charge >= 0.3 is 0 Å². The lowest BCUT2D eigenvalue weighted by atomic mass is 9.91. The second-order valence-corrected chi connectivity index (χ2v) is 4.24. The number of rotatable bonds is 2. The molecule has 1 heterocycles. The summed E-state index contributed by atoms with van der Waals surface area (Å²) in [5.41, 5.74) is 0. The Bertz CT molecular complexity index is 261. The monoisotopic (exact) mass is 196 g/mol.